The van der Waals surface area contributed by atoms with Crippen molar-refractivity contribution in [3.8, 4) is 0 Å². The summed E-state index contributed by atoms with van der Waals surface area (Å²) in [5.74, 6) is -0.984. The van der Waals surface area contributed by atoms with E-state index in [-0.39, 0.29) is 4.62 Å². The van der Waals surface area contributed by atoms with Crippen molar-refractivity contribution in [3.63, 3.8) is 0 Å². The third-order valence-electron chi connectivity index (χ3n) is 2.60. The van der Waals surface area contributed by atoms with E-state index in [9.17, 15) is 17.6 Å². The van der Waals surface area contributed by atoms with Gasteiger partial charge in [0, 0.05) is 5.56 Å². The molecule has 0 spiro atoms. The molecule has 2 rings (SSSR count). The number of hydrogen-bond donors (Lipinski definition) is 0. The summed E-state index contributed by atoms with van der Waals surface area (Å²) in [5.41, 5.74) is -3.12. The third kappa shape index (κ3) is 2.43. The Balaban J connectivity index is 2.59. The van der Waals surface area contributed by atoms with Gasteiger partial charge >= 0.3 is 6.18 Å². The zero-order valence-electron chi connectivity index (χ0n) is 8.86. The van der Waals surface area contributed by atoms with Crippen LogP contribution in [0.15, 0.2) is 17.3 Å². The molecule has 1 unspecified atom stereocenters. The van der Waals surface area contributed by atoms with E-state index in [0.717, 1.165) is 12.1 Å². The molecule has 1 atom stereocenters. The topological polar surface area (TPSA) is 21.6 Å². The largest absolute Gasteiger partial charge is 0.435 e. The Morgan fingerprint density at radius 3 is 2.16 bits per heavy atom. The summed E-state index contributed by atoms with van der Waals surface area (Å²) in [6.45, 7) is 0. The van der Waals surface area contributed by atoms with Crippen LogP contribution in [0, 0.1) is 5.82 Å². The monoisotopic (exact) mass is 379 g/mol. The minimum absolute atomic E-state index is 0.0126. The number of oxime groups is 1. The Hall–Kier alpha value is -0.530. The Bertz CT molecular complexity index is 540. The molecule has 0 radical (unpaired) electrons. The van der Waals surface area contributed by atoms with Crippen LogP contribution in [-0.4, -0.2) is 10.8 Å². The van der Waals surface area contributed by atoms with E-state index in [1.165, 1.54) is 0 Å². The molecule has 1 heterocycles. The molecule has 0 fully saturated rings. The second-order valence-corrected chi connectivity index (χ2v) is 5.54. The number of benzene rings is 1. The van der Waals surface area contributed by atoms with Crippen LogP contribution in [0.25, 0.3) is 0 Å². The Morgan fingerprint density at radius 2 is 1.79 bits per heavy atom. The zero-order chi connectivity index (χ0) is 14.4. The second-order valence-electron chi connectivity index (χ2n) is 3.81. The Kier molecular flexibility index (Phi) is 3.75. The van der Waals surface area contributed by atoms with Crippen LogP contribution >= 0.6 is 39.1 Å². The van der Waals surface area contributed by atoms with Crippen molar-refractivity contribution in [1.29, 1.82) is 0 Å². The van der Waals surface area contributed by atoms with Crippen molar-refractivity contribution in [3.05, 3.63) is 33.6 Å². The highest BCUT2D eigenvalue weighted by Gasteiger charge is 2.62. The number of halogens is 7. The summed E-state index contributed by atoms with van der Waals surface area (Å²) >= 11 is 13.9. The first-order valence-electron chi connectivity index (χ1n) is 4.79. The van der Waals surface area contributed by atoms with Gasteiger partial charge in [0.2, 0.25) is 0 Å². The van der Waals surface area contributed by atoms with Crippen LogP contribution in [0.1, 0.15) is 12.0 Å². The second kappa shape index (κ2) is 4.79. The van der Waals surface area contributed by atoms with Crippen molar-refractivity contribution in [2.75, 3.05) is 0 Å². The maximum absolute atomic E-state index is 13.3. The number of nitrogens with zero attached hydrogens (tertiary/aromatic N) is 1. The van der Waals surface area contributed by atoms with Gasteiger partial charge in [-0.2, -0.15) is 13.2 Å². The molecule has 1 aromatic carbocycles. The quantitative estimate of drug-likeness (QED) is 0.495. The molecule has 0 amide bonds. The summed E-state index contributed by atoms with van der Waals surface area (Å²) in [5, 5.41) is 2.22. The molecule has 0 saturated carbocycles. The molecule has 9 heteroatoms. The van der Waals surface area contributed by atoms with Gasteiger partial charge in [0.1, 0.15) is 4.62 Å². The average molecular weight is 381 g/mol. The molecule has 0 N–H and O–H groups in total. The molecule has 1 aliphatic heterocycles. The lowest BCUT2D eigenvalue weighted by Crippen LogP contribution is -2.42. The fourth-order valence-corrected chi connectivity index (χ4v) is 2.61. The van der Waals surface area contributed by atoms with Crippen LogP contribution in [0.4, 0.5) is 17.6 Å². The highest BCUT2D eigenvalue weighted by Crippen LogP contribution is 2.49. The van der Waals surface area contributed by atoms with Crippen LogP contribution in [0.5, 0.6) is 0 Å². The van der Waals surface area contributed by atoms with Crippen molar-refractivity contribution >= 4 is 43.8 Å². The normalized spacial score (nSPS) is 23.2. The van der Waals surface area contributed by atoms with E-state index in [2.05, 4.69) is 25.9 Å². The van der Waals surface area contributed by atoms with E-state index in [4.69, 9.17) is 23.2 Å². The number of rotatable bonds is 1. The van der Waals surface area contributed by atoms with Crippen LogP contribution in [-0.2, 0) is 10.4 Å². The molecule has 1 aliphatic rings. The van der Waals surface area contributed by atoms with E-state index < -0.39 is 39.6 Å². The smallest absolute Gasteiger partial charge is 0.373 e. The van der Waals surface area contributed by atoms with Crippen LogP contribution < -0.4 is 0 Å². The van der Waals surface area contributed by atoms with Gasteiger partial charge in [-0.15, -0.1) is 0 Å². The number of hydrogen-bond acceptors (Lipinski definition) is 2. The first-order valence-corrected chi connectivity index (χ1v) is 6.34. The molecule has 0 bridgehead atoms. The maximum Gasteiger partial charge on any atom is 0.435 e. The summed E-state index contributed by atoms with van der Waals surface area (Å²) in [7, 11) is 0. The fraction of sp³-hybridized carbons (Fsp3) is 0.300. The SMILES string of the molecule is Fc1c(Cl)cc(C2(C(F)(F)F)CC(Br)=NO2)cc1Cl. The molecule has 1 aromatic rings. The van der Waals surface area contributed by atoms with Gasteiger partial charge in [-0.25, -0.2) is 4.39 Å². The molecule has 0 aromatic heterocycles. The van der Waals surface area contributed by atoms with Gasteiger partial charge in [0.15, 0.2) is 5.82 Å². The van der Waals surface area contributed by atoms with Crippen molar-refractivity contribution in [1.82, 2.24) is 0 Å². The molecule has 19 heavy (non-hydrogen) atoms. The highest BCUT2D eigenvalue weighted by atomic mass is 79.9. The third-order valence-corrected chi connectivity index (χ3v) is 3.58. The van der Waals surface area contributed by atoms with Crippen molar-refractivity contribution < 1.29 is 22.4 Å². The maximum atomic E-state index is 13.3. The van der Waals surface area contributed by atoms with Crippen molar-refractivity contribution in [2.45, 2.75) is 18.2 Å². The molecule has 104 valence electrons. The Labute approximate surface area is 123 Å². The minimum Gasteiger partial charge on any atom is -0.373 e. The summed E-state index contributed by atoms with van der Waals surface area (Å²) in [6, 6.07) is 1.66. The highest BCUT2D eigenvalue weighted by molar-refractivity contribution is 9.18. The first-order chi connectivity index (χ1) is 8.67. The lowest BCUT2D eigenvalue weighted by molar-refractivity contribution is -0.275. The predicted octanol–water partition coefficient (Wildman–Crippen LogP) is 5.02. The Morgan fingerprint density at radius 1 is 1.26 bits per heavy atom. The van der Waals surface area contributed by atoms with Gasteiger partial charge in [-0.1, -0.05) is 28.4 Å². The zero-order valence-corrected chi connectivity index (χ0v) is 12.0. The van der Waals surface area contributed by atoms with E-state index in [0.29, 0.717) is 0 Å². The van der Waals surface area contributed by atoms with Gasteiger partial charge in [0.05, 0.1) is 16.5 Å². The standard InChI is InChI=1S/C10H4BrCl2F4NO/c11-7-3-9(19-18-7,10(15,16)17)4-1-5(12)8(14)6(13)2-4/h1-2H,3H2. The summed E-state index contributed by atoms with van der Waals surface area (Å²) in [4.78, 5) is 4.53. The molecular weight excluding hydrogens is 377 g/mol. The van der Waals surface area contributed by atoms with E-state index in [1.807, 2.05) is 0 Å². The predicted molar refractivity (Wildman–Crippen MR) is 66.2 cm³/mol. The van der Waals surface area contributed by atoms with Gasteiger partial charge in [-0.3, -0.25) is 0 Å². The lowest BCUT2D eigenvalue weighted by atomic mass is 9.90. The van der Waals surface area contributed by atoms with Crippen LogP contribution in [0.2, 0.25) is 10.0 Å². The summed E-state index contributed by atoms with van der Waals surface area (Å²) in [6.07, 6.45) is -5.34. The molecule has 0 aliphatic carbocycles. The van der Waals surface area contributed by atoms with Gasteiger partial charge in [-0.05, 0) is 28.1 Å². The van der Waals surface area contributed by atoms with E-state index >= 15 is 0 Å². The first kappa shape index (κ1) is 14.9. The van der Waals surface area contributed by atoms with Gasteiger partial charge in [0.25, 0.3) is 5.60 Å². The van der Waals surface area contributed by atoms with Crippen molar-refractivity contribution in [2.24, 2.45) is 5.16 Å². The molecule has 2 nitrogen and oxygen atoms in total. The van der Waals surface area contributed by atoms with E-state index in [1.54, 1.807) is 0 Å². The minimum atomic E-state index is -4.77. The molecule has 0 saturated heterocycles. The lowest BCUT2D eigenvalue weighted by Gasteiger charge is -2.29. The van der Waals surface area contributed by atoms with Crippen LogP contribution in [0.3, 0.4) is 0 Å². The average Bonchev–Trinajstić information content (AvgIpc) is 2.68. The molecular formula is C10H4BrCl2F4NO. The van der Waals surface area contributed by atoms with Gasteiger partial charge < -0.3 is 4.84 Å². The summed E-state index contributed by atoms with van der Waals surface area (Å²) < 4.78 is 53.0. The fourth-order valence-electron chi connectivity index (χ4n) is 1.66. The number of alkyl halides is 3.